The third kappa shape index (κ3) is 5.70. The van der Waals surface area contributed by atoms with Gasteiger partial charge in [0.2, 0.25) is 5.91 Å². The summed E-state index contributed by atoms with van der Waals surface area (Å²) in [5.41, 5.74) is 3.75. The molecule has 4 aromatic rings. The third-order valence-electron chi connectivity index (χ3n) is 4.86. The van der Waals surface area contributed by atoms with Crippen molar-refractivity contribution >= 4 is 12.0 Å². The molecule has 1 amide bonds. The number of benzene rings is 2. The maximum absolute atomic E-state index is 12.5. The molecule has 4 rings (SSSR count). The van der Waals surface area contributed by atoms with Crippen molar-refractivity contribution in [1.82, 2.24) is 19.7 Å². The Morgan fingerprint density at radius 1 is 1.03 bits per heavy atom. The van der Waals surface area contributed by atoms with Crippen molar-refractivity contribution in [3.63, 3.8) is 0 Å². The number of aromatic nitrogens is 3. The fraction of sp³-hybridized carbons (Fsp3) is 0.115. The number of ether oxygens (including phenoxy) is 1. The van der Waals surface area contributed by atoms with E-state index in [0.717, 1.165) is 28.3 Å². The first kappa shape index (κ1) is 21.1. The molecule has 32 heavy (non-hydrogen) atoms. The molecule has 0 atom stereocenters. The van der Waals surface area contributed by atoms with Crippen LogP contribution in [0.2, 0.25) is 0 Å². The molecular weight excluding hydrogens is 400 g/mol. The van der Waals surface area contributed by atoms with Gasteiger partial charge in [0.05, 0.1) is 17.6 Å². The summed E-state index contributed by atoms with van der Waals surface area (Å²) in [5.74, 6) is 0.680. The van der Waals surface area contributed by atoms with Crippen molar-refractivity contribution in [1.29, 1.82) is 0 Å². The van der Waals surface area contributed by atoms with Gasteiger partial charge in [0.15, 0.2) is 0 Å². The summed E-state index contributed by atoms with van der Waals surface area (Å²) in [7, 11) is 1.78. The molecule has 0 saturated carbocycles. The van der Waals surface area contributed by atoms with Gasteiger partial charge in [-0.1, -0.05) is 36.4 Å². The van der Waals surface area contributed by atoms with Gasteiger partial charge in [-0.2, -0.15) is 5.10 Å². The summed E-state index contributed by atoms with van der Waals surface area (Å²) in [4.78, 5) is 18.4. The van der Waals surface area contributed by atoms with Crippen molar-refractivity contribution < 1.29 is 9.53 Å². The molecular formula is C26H24N4O2. The maximum Gasteiger partial charge on any atom is 0.246 e. The molecule has 0 N–H and O–H groups in total. The molecule has 0 aliphatic carbocycles. The zero-order valence-electron chi connectivity index (χ0n) is 17.8. The van der Waals surface area contributed by atoms with E-state index >= 15 is 0 Å². The second-order valence-corrected chi connectivity index (χ2v) is 7.34. The minimum absolute atomic E-state index is 0.0760. The topological polar surface area (TPSA) is 60.2 Å². The number of likely N-dealkylation sites (N-methyl/N-ethyl adjacent to an activating group) is 1. The van der Waals surface area contributed by atoms with E-state index in [0.29, 0.717) is 13.2 Å². The number of nitrogens with zero attached hydrogens (tertiary/aromatic N) is 4. The smallest absolute Gasteiger partial charge is 0.246 e. The molecule has 0 bridgehead atoms. The quantitative estimate of drug-likeness (QED) is 0.390. The van der Waals surface area contributed by atoms with Crippen molar-refractivity contribution in [2.24, 2.45) is 0 Å². The number of hydrogen-bond acceptors (Lipinski definition) is 4. The van der Waals surface area contributed by atoms with Crippen molar-refractivity contribution in [2.75, 3.05) is 7.05 Å². The zero-order valence-corrected chi connectivity index (χ0v) is 17.8. The molecule has 0 fully saturated rings. The van der Waals surface area contributed by atoms with E-state index in [1.807, 2.05) is 79.0 Å². The predicted molar refractivity (Wildman–Crippen MR) is 124 cm³/mol. The van der Waals surface area contributed by atoms with E-state index in [4.69, 9.17) is 4.74 Å². The Balaban J connectivity index is 1.29. The van der Waals surface area contributed by atoms with Crippen LogP contribution < -0.4 is 4.74 Å². The normalized spacial score (nSPS) is 10.9. The van der Waals surface area contributed by atoms with Crippen molar-refractivity contribution in [2.45, 2.75) is 13.2 Å². The molecule has 2 aromatic carbocycles. The Hall–Kier alpha value is -4.19. The van der Waals surface area contributed by atoms with Gasteiger partial charge < -0.3 is 9.64 Å². The van der Waals surface area contributed by atoms with E-state index in [9.17, 15) is 4.79 Å². The summed E-state index contributed by atoms with van der Waals surface area (Å²) >= 11 is 0. The second-order valence-electron chi connectivity index (χ2n) is 7.34. The SMILES string of the molecule is CN(Cc1cnn(-c2ccccc2)c1)C(=O)C=Cc1ccc(OCc2ccccn2)cc1. The lowest BCUT2D eigenvalue weighted by molar-refractivity contribution is -0.125. The lowest BCUT2D eigenvalue weighted by Crippen LogP contribution is -2.23. The van der Waals surface area contributed by atoms with Crippen LogP contribution in [0.25, 0.3) is 11.8 Å². The maximum atomic E-state index is 12.5. The molecule has 160 valence electrons. The van der Waals surface area contributed by atoms with Crippen LogP contribution in [-0.2, 0) is 17.9 Å². The van der Waals surface area contributed by atoms with Gasteiger partial charge in [0, 0.05) is 37.6 Å². The molecule has 0 aliphatic heterocycles. The van der Waals surface area contributed by atoms with Gasteiger partial charge >= 0.3 is 0 Å². The molecule has 6 nitrogen and oxygen atoms in total. The molecule has 0 spiro atoms. The molecule has 6 heteroatoms. The van der Waals surface area contributed by atoms with E-state index in [-0.39, 0.29) is 5.91 Å². The van der Waals surface area contributed by atoms with E-state index < -0.39 is 0 Å². The second kappa shape index (κ2) is 10.2. The first-order valence-corrected chi connectivity index (χ1v) is 10.3. The molecule has 2 heterocycles. The van der Waals surface area contributed by atoms with Crippen LogP contribution in [0.5, 0.6) is 5.75 Å². The first-order valence-electron chi connectivity index (χ1n) is 10.3. The molecule has 0 saturated heterocycles. The van der Waals surface area contributed by atoms with Crippen LogP contribution in [0, 0.1) is 0 Å². The van der Waals surface area contributed by atoms with Crippen LogP contribution in [-0.4, -0.2) is 32.6 Å². The largest absolute Gasteiger partial charge is 0.487 e. The highest BCUT2D eigenvalue weighted by Crippen LogP contribution is 2.15. The Labute approximate surface area is 187 Å². The van der Waals surface area contributed by atoms with Crippen molar-refractivity contribution in [3.8, 4) is 11.4 Å². The highest BCUT2D eigenvalue weighted by molar-refractivity contribution is 5.91. The highest BCUT2D eigenvalue weighted by Gasteiger charge is 2.08. The number of rotatable bonds is 8. The van der Waals surface area contributed by atoms with E-state index in [2.05, 4.69) is 10.1 Å². The molecule has 0 aliphatic rings. The summed E-state index contributed by atoms with van der Waals surface area (Å²) in [6.07, 6.45) is 8.84. The standard InChI is InChI=1S/C26H24N4O2/c1-29(18-22-17-28-30(19-22)24-8-3-2-4-9-24)26(31)15-12-21-10-13-25(14-11-21)32-20-23-7-5-6-16-27-23/h2-17,19H,18,20H2,1H3. The number of carbonyl (C=O) groups excluding carboxylic acids is 1. The monoisotopic (exact) mass is 424 g/mol. The summed E-state index contributed by atoms with van der Waals surface area (Å²) < 4.78 is 7.55. The molecule has 0 radical (unpaired) electrons. The first-order chi connectivity index (χ1) is 15.7. The molecule has 2 aromatic heterocycles. The Morgan fingerprint density at radius 2 is 1.81 bits per heavy atom. The number of amides is 1. The van der Waals surface area contributed by atoms with E-state index in [1.54, 1.807) is 41.2 Å². The van der Waals surface area contributed by atoms with Crippen molar-refractivity contribution in [3.05, 3.63) is 114 Å². The lowest BCUT2D eigenvalue weighted by Gasteiger charge is -2.13. The van der Waals surface area contributed by atoms with E-state index in [1.165, 1.54) is 0 Å². The number of pyridine rings is 1. The van der Waals surface area contributed by atoms with Gasteiger partial charge in [-0.05, 0) is 48.0 Å². The van der Waals surface area contributed by atoms with Gasteiger partial charge in [-0.25, -0.2) is 4.68 Å². The van der Waals surface area contributed by atoms with Gasteiger partial charge in [0.1, 0.15) is 12.4 Å². The van der Waals surface area contributed by atoms with Gasteiger partial charge in [-0.3, -0.25) is 9.78 Å². The van der Waals surface area contributed by atoms with Gasteiger partial charge in [-0.15, -0.1) is 0 Å². The zero-order chi connectivity index (χ0) is 22.2. The minimum atomic E-state index is -0.0760. The number of carbonyl (C=O) groups is 1. The average Bonchev–Trinajstić information content (AvgIpc) is 3.31. The Kier molecular flexibility index (Phi) is 6.72. The van der Waals surface area contributed by atoms with Crippen LogP contribution in [0.3, 0.4) is 0 Å². The van der Waals surface area contributed by atoms with Crippen LogP contribution >= 0.6 is 0 Å². The summed E-state index contributed by atoms with van der Waals surface area (Å²) in [6, 6.07) is 23.2. The highest BCUT2D eigenvalue weighted by atomic mass is 16.5. The fourth-order valence-corrected chi connectivity index (χ4v) is 3.13. The summed E-state index contributed by atoms with van der Waals surface area (Å²) in [6.45, 7) is 0.899. The van der Waals surface area contributed by atoms with Crippen LogP contribution in [0.15, 0.2) is 97.5 Å². The average molecular weight is 425 g/mol. The lowest BCUT2D eigenvalue weighted by atomic mass is 10.2. The third-order valence-corrected chi connectivity index (χ3v) is 4.86. The van der Waals surface area contributed by atoms with Crippen LogP contribution in [0.4, 0.5) is 0 Å². The van der Waals surface area contributed by atoms with Gasteiger partial charge in [0.25, 0.3) is 0 Å². The number of hydrogen-bond donors (Lipinski definition) is 0. The minimum Gasteiger partial charge on any atom is -0.487 e. The Bertz CT molecular complexity index is 1170. The Morgan fingerprint density at radius 3 is 2.56 bits per heavy atom. The molecule has 0 unspecified atom stereocenters. The summed E-state index contributed by atoms with van der Waals surface area (Å²) in [5, 5.41) is 4.38. The van der Waals surface area contributed by atoms with Crippen LogP contribution in [0.1, 0.15) is 16.8 Å². The predicted octanol–water partition coefficient (Wildman–Crippen LogP) is 4.52. The fourth-order valence-electron chi connectivity index (χ4n) is 3.13. The number of para-hydroxylation sites is 1.